The van der Waals surface area contributed by atoms with E-state index in [2.05, 4.69) is 67.8 Å². The molecular weight excluding hydrogens is 623 g/mol. The molecule has 0 fully saturated rings. The zero-order valence-electron chi connectivity index (χ0n) is 30.2. The summed E-state index contributed by atoms with van der Waals surface area (Å²) in [6, 6.07) is -0.917. The number of phosphoric acid groups is 1. The molecule has 5 N–H and O–H groups in total. The molecule has 0 aromatic heterocycles. The third kappa shape index (κ3) is 32.5. The van der Waals surface area contributed by atoms with Gasteiger partial charge in [-0.3, -0.25) is 13.8 Å². The number of nitrogens with one attached hydrogen (secondary N) is 1. The van der Waals surface area contributed by atoms with E-state index in [9.17, 15) is 19.4 Å². The minimum Gasteiger partial charge on any atom is -0.387 e. The van der Waals surface area contributed by atoms with Gasteiger partial charge in [0.1, 0.15) is 0 Å². The van der Waals surface area contributed by atoms with Crippen LogP contribution < -0.4 is 11.1 Å². The van der Waals surface area contributed by atoms with E-state index in [-0.39, 0.29) is 25.5 Å². The van der Waals surface area contributed by atoms with Crippen LogP contribution in [0.2, 0.25) is 0 Å². The van der Waals surface area contributed by atoms with Crippen molar-refractivity contribution >= 4 is 13.7 Å². The van der Waals surface area contributed by atoms with Crippen LogP contribution in [-0.4, -0.2) is 47.8 Å². The van der Waals surface area contributed by atoms with Crippen LogP contribution in [0, 0.1) is 0 Å². The Balaban J connectivity index is 4.51. The minimum absolute atomic E-state index is 0.0600. The van der Waals surface area contributed by atoms with Crippen molar-refractivity contribution in [3.63, 3.8) is 0 Å². The van der Waals surface area contributed by atoms with Gasteiger partial charge in [0.25, 0.3) is 0 Å². The first-order chi connectivity index (χ1) is 23.4. The Bertz CT molecular complexity index is 976. The van der Waals surface area contributed by atoms with Crippen molar-refractivity contribution in [1.29, 1.82) is 0 Å². The van der Waals surface area contributed by atoms with E-state index < -0.39 is 26.6 Å². The molecule has 3 atom stereocenters. The Morgan fingerprint density at radius 2 is 1.23 bits per heavy atom. The molecule has 276 valence electrons. The molecule has 0 saturated carbocycles. The smallest absolute Gasteiger partial charge is 0.387 e. The standard InChI is InChI=1S/C39H69N2O6P/c1-3-5-7-9-11-13-15-17-18-19-21-22-24-26-28-30-32-38(42)37(36-47-48(44,45)46-35-34-40)41-39(43)33-31-29-27-25-23-20-16-14-12-10-8-6-4-2/h6,8,12,14,20,22-24,27,29-30,32,37-38,42H,3-5,7,9-11,13,15-19,21,25-26,28,31,33-36,40H2,1-2H3,(H,41,43)(H,44,45)/b8-6-,14-12-,23-20-,24-22+,29-27-,32-30+. The number of carbonyl (C=O) groups is 1. The summed E-state index contributed by atoms with van der Waals surface area (Å²) in [6.07, 6.45) is 44.0. The maximum absolute atomic E-state index is 12.6. The third-order valence-corrected chi connectivity index (χ3v) is 8.51. The lowest BCUT2D eigenvalue weighted by Crippen LogP contribution is -2.45. The number of allylic oxidation sites excluding steroid dienone is 11. The number of hydrogen-bond donors (Lipinski definition) is 4. The van der Waals surface area contributed by atoms with E-state index in [1.807, 2.05) is 18.2 Å². The molecule has 0 aliphatic rings. The van der Waals surface area contributed by atoms with Crippen molar-refractivity contribution < 1.29 is 28.4 Å². The summed E-state index contributed by atoms with van der Waals surface area (Å²) in [5.41, 5.74) is 5.34. The highest BCUT2D eigenvalue weighted by Gasteiger charge is 2.26. The van der Waals surface area contributed by atoms with Crippen LogP contribution in [0.15, 0.2) is 72.9 Å². The number of hydrogen-bond acceptors (Lipinski definition) is 6. The van der Waals surface area contributed by atoms with Crippen LogP contribution in [0.5, 0.6) is 0 Å². The Labute approximate surface area is 293 Å². The van der Waals surface area contributed by atoms with E-state index in [1.165, 1.54) is 64.2 Å². The number of phosphoric ester groups is 1. The average molecular weight is 693 g/mol. The van der Waals surface area contributed by atoms with Crippen LogP contribution in [0.3, 0.4) is 0 Å². The van der Waals surface area contributed by atoms with Gasteiger partial charge in [-0.2, -0.15) is 0 Å². The van der Waals surface area contributed by atoms with E-state index in [0.717, 1.165) is 44.9 Å². The van der Waals surface area contributed by atoms with E-state index >= 15 is 0 Å². The van der Waals surface area contributed by atoms with Crippen molar-refractivity contribution in [2.24, 2.45) is 5.73 Å². The van der Waals surface area contributed by atoms with Gasteiger partial charge in [0, 0.05) is 13.0 Å². The predicted octanol–water partition coefficient (Wildman–Crippen LogP) is 9.71. The summed E-state index contributed by atoms with van der Waals surface area (Å²) in [5.74, 6) is -0.288. The molecule has 0 aliphatic heterocycles. The molecule has 3 unspecified atom stereocenters. The van der Waals surface area contributed by atoms with E-state index in [0.29, 0.717) is 6.42 Å². The monoisotopic (exact) mass is 692 g/mol. The summed E-state index contributed by atoms with van der Waals surface area (Å²) in [4.78, 5) is 22.5. The Hall–Kier alpha value is -2.06. The zero-order chi connectivity index (χ0) is 35.4. The second kappa shape index (κ2) is 34.8. The van der Waals surface area contributed by atoms with Crippen LogP contribution in [0.4, 0.5) is 0 Å². The number of amides is 1. The number of carbonyl (C=O) groups excluding carboxylic acids is 1. The molecule has 0 heterocycles. The minimum atomic E-state index is -4.36. The number of aliphatic hydroxyl groups is 1. The molecular formula is C39H69N2O6P. The topological polar surface area (TPSA) is 131 Å². The van der Waals surface area contributed by atoms with Gasteiger partial charge in [0.2, 0.25) is 5.91 Å². The van der Waals surface area contributed by atoms with Crippen molar-refractivity contribution in [1.82, 2.24) is 5.32 Å². The van der Waals surface area contributed by atoms with Gasteiger partial charge < -0.3 is 21.1 Å². The first-order valence-electron chi connectivity index (χ1n) is 18.6. The normalized spacial score (nSPS) is 15.2. The average Bonchev–Trinajstić information content (AvgIpc) is 3.07. The van der Waals surface area contributed by atoms with E-state index in [1.54, 1.807) is 6.08 Å². The summed E-state index contributed by atoms with van der Waals surface area (Å²) in [6.45, 7) is 3.90. The van der Waals surface area contributed by atoms with Crippen LogP contribution in [-0.2, 0) is 18.4 Å². The van der Waals surface area contributed by atoms with Gasteiger partial charge in [-0.05, 0) is 57.8 Å². The lowest BCUT2D eigenvalue weighted by atomic mass is 10.1. The number of aliphatic hydroxyl groups excluding tert-OH is 1. The highest BCUT2D eigenvalue weighted by molar-refractivity contribution is 7.47. The molecule has 0 rings (SSSR count). The van der Waals surface area contributed by atoms with Gasteiger partial charge in [0.05, 0.1) is 25.4 Å². The van der Waals surface area contributed by atoms with Crippen molar-refractivity contribution in [3.8, 4) is 0 Å². The van der Waals surface area contributed by atoms with Crippen LogP contribution in [0.25, 0.3) is 0 Å². The van der Waals surface area contributed by atoms with Gasteiger partial charge >= 0.3 is 7.82 Å². The maximum atomic E-state index is 12.6. The van der Waals surface area contributed by atoms with Crippen LogP contribution in [0.1, 0.15) is 136 Å². The fourth-order valence-corrected chi connectivity index (χ4v) is 5.50. The number of rotatable bonds is 33. The first kappa shape index (κ1) is 45.9. The molecule has 0 bridgehead atoms. The number of nitrogens with two attached hydrogens (primary N) is 1. The molecule has 0 aromatic rings. The first-order valence-corrected chi connectivity index (χ1v) is 20.1. The van der Waals surface area contributed by atoms with Gasteiger partial charge in [0.15, 0.2) is 0 Å². The quantitative estimate of drug-likeness (QED) is 0.0306. The third-order valence-electron chi connectivity index (χ3n) is 7.53. The largest absolute Gasteiger partial charge is 0.472 e. The molecule has 0 saturated heterocycles. The second-order valence-electron chi connectivity index (χ2n) is 12.0. The van der Waals surface area contributed by atoms with Crippen molar-refractivity contribution in [3.05, 3.63) is 72.9 Å². The van der Waals surface area contributed by atoms with Gasteiger partial charge in [-0.1, -0.05) is 145 Å². The Morgan fingerprint density at radius 1 is 0.708 bits per heavy atom. The second-order valence-corrected chi connectivity index (χ2v) is 13.5. The molecule has 9 heteroatoms. The summed E-state index contributed by atoms with van der Waals surface area (Å²) in [5, 5.41) is 13.5. The summed E-state index contributed by atoms with van der Waals surface area (Å²) < 4.78 is 22.0. The molecule has 1 amide bonds. The Kier molecular flexibility index (Phi) is 33.3. The molecule has 0 aliphatic carbocycles. The molecule has 0 aromatic carbocycles. The van der Waals surface area contributed by atoms with Gasteiger partial charge in [-0.25, -0.2) is 4.57 Å². The molecule has 48 heavy (non-hydrogen) atoms. The maximum Gasteiger partial charge on any atom is 0.472 e. The fourth-order valence-electron chi connectivity index (χ4n) is 4.74. The molecule has 0 spiro atoms. The highest BCUT2D eigenvalue weighted by Crippen LogP contribution is 2.43. The van der Waals surface area contributed by atoms with Gasteiger partial charge in [-0.15, -0.1) is 0 Å². The van der Waals surface area contributed by atoms with Crippen molar-refractivity contribution in [2.45, 2.75) is 148 Å². The summed E-state index contributed by atoms with van der Waals surface area (Å²) in [7, 11) is -4.36. The SMILES string of the molecule is CC/C=C\C/C=C\C/C=C\C/C=C\CCC(=O)NC(COP(=O)(O)OCCN)C(O)/C=C/CC/C=C/CCCCCCCCCCCC. The van der Waals surface area contributed by atoms with Crippen LogP contribution >= 0.6 is 7.82 Å². The zero-order valence-corrected chi connectivity index (χ0v) is 31.1. The summed E-state index contributed by atoms with van der Waals surface area (Å²) >= 11 is 0. The highest BCUT2D eigenvalue weighted by atomic mass is 31.2. The van der Waals surface area contributed by atoms with Crippen molar-refractivity contribution in [2.75, 3.05) is 19.8 Å². The lowest BCUT2D eigenvalue weighted by molar-refractivity contribution is -0.122. The number of unbranched alkanes of at least 4 members (excludes halogenated alkanes) is 11. The van der Waals surface area contributed by atoms with E-state index in [4.69, 9.17) is 14.8 Å². The molecule has 8 nitrogen and oxygen atoms in total. The lowest BCUT2D eigenvalue weighted by Gasteiger charge is -2.23. The fraction of sp³-hybridized carbons (Fsp3) is 0.667. The molecule has 0 radical (unpaired) electrons. The Morgan fingerprint density at radius 3 is 1.83 bits per heavy atom. The predicted molar refractivity (Wildman–Crippen MR) is 203 cm³/mol.